The maximum absolute atomic E-state index is 4.31. The average Bonchev–Trinajstić information content (AvgIpc) is 2.73. The highest BCUT2D eigenvalue weighted by molar-refractivity contribution is 7.11. The zero-order valence-corrected chi connectivity index (χ0v) is 10.0. The number of thiazole rings is 1. The Morgan fingerprint density at radius 3 is 2.75 bits per heavy atom. The van der Waals surface area contributed by atoms with Crippen molar-refractivity contribution in [2.75, 3.05) is 17.7 Å². The van der Waals surface area contributed by atoms with Gasteiger partial charge in [-0.3, -0.25) is 4.98 Å². The van der Waals surface area contributed by atoms with E-state index in [1.54, 1.807) is 23.7 Å². The van der Waals surface area contributed by atoms with E-state index in [0.29, 0.717) is 6.54 Å². The zero-order chi connectivity index (χ0) is 11.4. The van der Waals surface area contributed by atoms with E-state index < -0.39 is 0 Å². The molecule has 0 aliphatic rings. The molecule has 84 valence electrons. The molecular weight excluding hydrogens is 222 g/mol. The smallest absolute Gasteiger partial charge is 0.147 e. The molecule has 0 fully saturated rings. The quantitative estimate of drug-likeness (QED) is 0.847. The number of hydrogen-bond acceptors (Lipinski definition) is 6. The van der Waals surface area contributed by atoms with Gasteiger partial charge >= 0.3 is 0 Å². The summed E-state index contributed by atoms with van der Waals surface area (Å²) in [7, 11) is 1.82. The van der Waals surface area contributed by atoms with Crippen LogP contribution in [0.3, 0.4) is 0 Å². The molecule has 2 heterocycles. The topological polar surface area (TPSA) is 62.7 Å². The summed E-state index contributed by atoms with van der Waals surface area (Å²) in [5.74, 6) is 1.50. The van der Waals surface area contributed by atoms with Crippen molar-refractivity contribution in [2.45, 2.75) is 13.5 Å². The molecule has 0 radical (unpaired) electrons. The molecule has 0 atom stereocenters. The standard InChI is InChI=1S/C10H13N5S/c1-7-3-14-10(16-7)6-13-9-5-12-4-8(11-2)15-9/h3-5H,6H2,1-2H3,(H2,11,13,15). The Kier molecular flexibility index (Phi) is 3.31. The highest BCUT2D eigenvalue weighted by Crippen LogP contribution is 2.13. The molecule has 6 heteroatoms. The third-order valence-corrected chi connectivity index (χ3v) is 2.89. The van der Waals surface area contributed by atoms with Crippen molar-refractivity contribution >= 4 is 23.0 Å². The van der Waals surface area contributed by atoms with Gasteiger partial charge < -0.3 is 10.6 Å². The van der Waals surface area contributed by atoms with E-state index in [0.717, 1.165) is 16.6 Å². The normalized spacial score (nSPS) is 10.1. The minimum atomic E-state index is 0.681. The molecule has 0 saturated carbocycles. The largest absolute Gasteiger partial charge is 0.372 e. The van der Waals surface area contributed by atoms with Crippen molar-refractivity contribution in [1.29, 1.82) is 0 Å². The Balaban J connectivity index is 1.99. The fourth-order valence-electron chi connectivity index (χ4n) is 1.22. The van der Waals surface area contributed by atoms with Crippen LogP contribution in [0.15, 0.2) is 18.6 Å². The Labute approximate surface area is 98.0 Å². The molecule has 0 spiro atoms. The molecule has 0 aromatic carbocycles. The molecule has 0 aliphatic heterocycles. The summed E-state index contributed by atoms with van der Waals surface area (Å²) in [6.07, 6.45) is 5.25. The van der Waals surface area contributed by atoms with Crippen molar-refractivity contribution in [1.82, 2.24) is 15.0 Å². The van der Waals surface area contributed by atoms with Gasteiger partial charge in [-0.25, -0.2) is 9.97 Å². The second kappa shape index (κ2) is 4.89. The van der Waals surface area contributed by atoms with Crippen LogP contribution in [-0.4, -0.2) is 22.0 Å². The lowest BCUT2D eigenvalue weighted by molar-refractivity contribution is 1.06. The van der Waals surface area contributed by atoms with Crippen LogP contribution in [0.25, 0.3) is 0 Å². The number of nitrogens with zero attached hydrogens (tertiary/aromatic N) is 3. The molecule has 0 amide bonds. The molecule has 0 saturated heterocycles. The van der Waals surface area contributed by atoms with Gasteiger partial charge in [0, 0.05) is 18.1 Å². The first-order chi connectivity index (χ1) is 7.78. The monoisotopic (exact) mass is 235 g/mol. The summed E-state index contributed by atoms with van der Waals surface area (Å²) in [5.41, 5.74) is 0. The molecule has 2 aromatic heterocycles. The van der Waals surface area contributed by atoms with Crippen molar-refractivity contribution < 1.29 is 0 Å². The summed E-state index contributed by atoms with van der Waals surface area (Å²) < 4.78 is 0. The molecule has 2 N–H and O–H groups in total. The Hall–Kier alpha value is -1.69. The number of nitrogens with one attached hydrogen (secondary N) is 2. The first-order valence-electron chi connectivity index (χ1n) is 4.93. The first-order valence-corrected chi connectivity index (χ1v) is 5.74. The van der Waals surface area contributed by atoms with Crippen LogP contribution in [0, 0.1) is 6.92 Å². The minimum absolute atomic E-state index is 0.681. The lowest BCUT2D eigenvalue weighted by Gasteiger charge is -2.04. The van der Waals surface area contributed by atoms with Crippen molar-refractivity contribution in [3.05, 3.63) is 28.5 Å². The zero-order valence-electron chi connectivity index (χ0n) is 9.19. The van der Waals surface area contributed by atoms with E-state index >= 15 is 0 Å². The minimum Gasteiger partial charge on any atom is -0.372 e. The third-order valence-electron chi connectivity index (χ3n) is 1.98. The highest BCUT2D eigenvalue weighted by Gasteiger charge is 2.00. The van der Waals surface area contributed by atoms with Gasteiger partial charge in [0.05, 0.1) is 18.9 Å². The van der Waals surface area contributed by atoms with Crippen LogP contribution in [0.5, 0.6) is 0 Å². The summed E-state index contributed by atoms with van der Waals surface area (Å²) in [6, 6.07) is 0. The van der Waals surface area contributed by atoms with Crippen LogP contribution in [0.2, 0.25) is 0 Å². The number of aryl methyl sites for hydroxylation is 1. The summed E-state index contributed by atoms with van der Waals surface area (Å²) in [4.78, 5) is 13.9. The number of anilines is 2. The number of rotatable bonds is 4. The second-order valence-electron chi connectivity index (χ2n) is 3.26. The second-order valence-corrected chi connectivity index (χ2v) is 4.58. The third kappa shape index (κ3) is 2.66. The van der Waals surface area contributed by atoms with Crippen LogP contribution < -0.4 is 10.6 Å². The SMILES string of the molecule is CNc1cncc(NCc2ncc(C)s2)n1. The first kappa shape index (κ1) is 10.8. The molecule has 0 unspecified atom stereocenters. The van der Waals surface area contributed by atoms with Gasteiger partial charge in [-0.05, 0) is 6.92 Å². The van der Waals surface area contributed by atoms with Crippen LogP contribution in [-0.2, 0) is 6.54 Å². The molecule has 2 rings (SSSR count). The Morgan fingerprint density at radius 1 is 1.25 bits per heavy atom. The van der Waals surface area contributed by atoms with Crippen LogP contribution >= 0.6 is 11.3 Å². The average molecular weight is 235 g/mol. The predicted octanol–water partition coefficient (Wildman–Crippen LogP) is 1.90. The number of aromatic nitrogens is 3. The lowest BCUT2D eigenvalue weighted by Crippen LogP contribution is -2.03. The van der Waals surface area contributed by atoms with E-state index in [1.165, 1.54) is 4.88 Å². The van der Waals surface area contributed by atoms with Gasteiger partial charge in [0.15, 0.2) is 0 Å². The molecular formula is C10H13N5S. The van der Waals surface area contributed by atoms with Gasteiger partial charge in [0.25, 0.3) is 0 Å². The maximum Gasteiger partial charge on any atom is 0.147 e. The Bertz CT molecular complexity index is 468. The fraction of sp³-hybridized carbons (Fsp3) is 0.300. The van der Waals surface area contributed by atoms with E-state index in [2.05, 4.69) is 25.6 Å². The van der Waals surface area contributed by atoms with Gasteiger partial charge in [-0.15, -0.1) is 11.3 Å². The van der Waals surface area contributed by atoms with Crippen molar-refractivity contribution in [2.24, 2.45) is 0 Å². The van der Waals surface area contributed by atoms with E-state index in [1.807, 2.05) is 20.2 Å². The summed E-state index contributed by atoms with van der Waals surface area (Å²) in [6.45, 7) is 2.73. The van der Waals surface area contributed by atoms with E-state index in [-0.39, 0.29) is 0 Å². The maximum atomic E-state index is 4.31. The van der Waals surface area contributed by atoms with Gasteiger partial charge in [0.2, 0.25) is 0 Å². The number of hydrogen-bond donors (Lipinski definition) is 2. The Morgan fingerprint density at radius 2 is 2.06 bits per heavy atom. The highest BCUT2D eigenvalue weighted by atomic mass is 32.1. The van der Waals surface area contributed by atoms with Crippen LogP contribution in [0.4, 0.5) is 11.6 Å². The molecule has 5 nitrogen and oxygen atoms in total. The predicted molar refractivity (Wildman–Crippen MR) is 65.8 cm³/mol. The molecule has 16 heavy (non-hydrogen) atoms. The van der Waals surface area contributed by atoms with Gasteiger partial charge in [-0.2, -0.15) is 0 Å². The summed E-state index contributed by atoms with van der Waals surface area (Å²) in [5, 5.41) is 7.18. The van der Waals surface area contributed by atoms with Crippen molar-refractivity contribution in [3.63, 3.8) is 0 Å². The van der Waals surface area contributed by atoms with E-state index in [9.17, 15) is 0 Å². The van der Waals surface area contributed by atoms with Crippen LogP contribution in [0.1, 0.15) is 9.88 Å². The van der Waals surface area contributed by atoms with Crippen molar-refractivity contribution in [3.8, 4) is 0 Å². The van der Waals surface area contributed by atoms with Gasteiger partial charge in [0.1, 0.15) is 16.6 Å². The lowest BCUT2D eigenvalue weighted by atomic mass is 10.5. The van der Waals surface area contributed by atoms with E-state index in [4.69, 9.17) is 0 Å². The fourth-order valence-corrected chi connectivity index (χ4v) is 1.95. The molecule has 0 aliphatic carbocycles. The van der Waals surface area contributed by atoms with Gasteiger partial charge in [-0.1, -0.05) is 0 Å². The summed E-state index contributed by atoms with van der Waals surface area (Å²) >= 11 is 1.68. The molecule has 2 aromatic rings. The molecule has 0 bridgehead atoms.